The van der Waals surface area contributed by atoms with Crippen molar-refractivity contribution in [1.82, 2.24) is 0 Å². The summed E-state index contributed by atoms with van der Waals surface area (Å²) in [6.45, 7) is 13.3. The molecule has 0 bridgehead atoms. The second-order valence-corrected chi connectivity index (χ2v) is 12.2. The smallest absolute Gasteiger partial charge is 0.0701 e. The Hall–Kier alpha value is -0.0800. The van der Waals surface area contributed by atoms with Crippen molar-refractivity contribution in [2.45, 2.75) is 105 Å². The third-order valence-corrected chi connectivity index (χ3v) is 10.9. The molecule has 1 N–H and O–H groups in total. The lowest BCUT2D eigenvalue weighted by Gasteiger charge is -2.63. The molecule has 0 amide bonds. The molecule has 0 unspecified atom stereocenters. The third-order valence-electron chi connectivity index (χ3n) is 10.9. The maximum atomic E-state index is 9.56. The standard InChI is InChI=1S/C27H48O2/c1-6-7-19(3)22-10-11-23-21-9-8-20-16-18(2)12-13-26(20,4)24(21)17-25(27(22,23)5)29-15-14-28/h18-25,28H,6-17H2,1-5H3/t18-,19-,20-,21+,22-,23+,24+,25+,26+,27-/m1/s1. The fraction of sp³-hybridized carbons (Fsp3) is 1.00. The molecule has 0 heterocycles. The summed E-state index contributed by atoms with van der Waals surface area (Å²) in [7, 11) is 0. The highest BCUT2D eigenvalue weighted by atomic mass is 16.5. The lowest BCUT2D eigenvalue weighted by molar-refractivity contribution is -0.189. The van der Waals surface area contributed by atoms with Gasteiger partial charge in [-0.15, -0.1) is 0 Å². The molecule has 0 aromatic rings. The predicted molar refractivity (Wildman–Crippen MR) is 121 cm³/mol. The molecular weight excluding hydrogens is 356 g/mol. The average molecular weight is 405 g/mol. The van der Waals surface area contributed by atoms with E-state index in [2.05, 4.69) is 34.6 Å². The zero-order valence-electron chi connectivity index (χ0n) is 20.0. The Bertz CT molecular complexity index is 561. The fourth-order valence-corrected chi connectivity index (χ4v) is 9.47. The molecule has 0 aromatic heterocycles. The number of hydrogen-bond acceptors (Lipinski definition) is 2. The monoisotopic (exact) mass is 404 g/mol. The Morgan fingerprint density at radius 2 is 1.83 bits per heavy atom. The van der Waals surface area contributed by atoms with Crippen LogP contribution in [0.25, 0.3) is 0 Å². The Labute approximate surface area is 180 Å². The number of aliphatic hydroxyl groups excluding tert-OH is 1. The van der Waals surface area contributed by atoms with Gasteiger partial charge in [-0.2, -0.15) is 0 Å². The lowest BCUT2D eigenvalue weighted by atomic mass is 9.43. The molecule has 4 fully saturated rings. The van der Waals surface area contributed by atoms with Gasteiger partial charge in [-0.25, -0.2) is 0 Å². The first kappa shape index (κ1) is 22.1. The van der Waals surface area contributed by atoms with Gasteiger partial charge in [0.25, 0.3) is 0 Å². The summed E-state index contributed by atoms with van der Waals surface area (Å²) in [5.74, 6) is 6.06. The number of ether oxygens (including phenoxy) is 1. The van der Waals surface area contributed by atoms with Crippen LogP contribution in [-0.2, 0) is 4.74 Å². The van der Waals surface area contributed by atoms with E-state index in [9.17, 15) is 5.11 Å². The van der Waals surface area contributed by atoms with E-state index in [1.54, 1.807) is 0 Å². The SMILES string of the molecule is CCC[C@@H](C)[C@H]1CC[C@H]2[C@@H]3CC[C@@H]4C[C@H](C)CC[C@]4(C)[C@H]3C[C@H](OCCO)[C@]12C. The summed E-state index contributed by atoms with van der Waals surface area (Å²) in [6.07, 6.45) is 14.4. The van der Waals surface area contributed by atoms with Crippen LogP contribution >= 0.6 is 0 Å². The molecule has 0 aliphatic heterocycles. The minimum absolute atomic E-state index is 0.165. The molecular formula is C27H48O2. The summed E-state index contributed by atoms with van der Waals surface area (Å²) in [4.78, 5) is 0. The molecule has 0 saturated heterocycles. The molecule has 10 atom stereocenters. The summed E-state index contributed by atoms with van der Waals surface area (Å²) in [5, 5.41) is 9.56. The van der Waals surface area contributed by atoms with E-state index < -0.39 is 0 Å². The van der Waals surface area contributed by atoms with Crippen LogP contribution in [-0.4, -0.2) is 24.4 Å². The van der Waals surface area contributed by atoms with Crippen molar-refractivity contribution >= 4 is 0 Å². The quantitative estimate of drug-likeness (QED) is 0.533. The van der Waals surface area contributed by atoms with Gasteiger partial charge in [0, 0.05) is 0 Å². The predicted octanol–water partition coefficient (Wildman–Crippen LogP) is 6.71. The first-order chi connectivity index (χ1) is 13.9. The molecule has 0 spiro atoms. The van der Waals surface area contributed by atoms with E-state index in [1.807, 2.05) is 0 Å². The largest absolute Gasteiger partial charge is 0.394 e. The van der Waals surface area contributed by atoms with E-state index in [0.717, 1.165) is 41.4 Å². The molecule has 4 rings (SSSR count). The molecule has 4 saturated carbocycles. The van der Waals surface area contributed by atoms with Crippen molar-refractivity contribution in [2.24, 2.45) is 52.3 Å². The van der Waals surface area contributed by atoms with Gasteiger partial charge in [0.2, 0.25) is 0 Å². The van der Waals surface area contributed by atoms with Crippen molar-refractivity contribution in [3.8, 4) is 0 Å². The maximum absolute atomic E-state index is 9.56. The Balaban J connectivity index is 1.65. The molecule has 4 aliphatic rings. The Kier molecular flexibility index (Phi) is 6.45. The van der Waals surface area contributed by atoms with Gasteiger partial charge in [-0.1, -0.05) is 53.9 Å². The van der Waals surface area contributed by atoms with Crippen molar-refractivity contribution in [1.29, 1.82) is 0 Å². The normalized spacial score (nSPS) is 50.5. The van der Waals surface area contributed by atoms with Crippen molar-refractivity contribution < 1.29 is 9.84 Å². The van der Waals surface area contributed by atoms with Gasteiger partial charge in [-0.05, 0) is 97.2 Å². The van der Waals surface area contributed by atoms with Crippen LogP contribution in [0.2, 0.25) is 0 Å². The van der Waals surface area contributed by atoms with E-state index in [-0.39, 0.29) is 6.61 Å². The third kappa shape index (κ3) is 3.53. The van der Waals surface area contributed by atoms with Gasteiger partial charge in [-0.3, -0.25) is 0 Å². The van der Waals surface area contributed by atoms with Gasteiger partial charge < -0.3 is 9.84 Å². The van der Waals surface area contributed by atoms with Crippen LogP contribution < -0.4 is 0 Å². The zero-order valence-corrected chi connectivity index (χ0v) is 20.0. The fourth-order valence-electron chi connectivity index (χ4n) is 9.47. The van der Waals surface area contributed by atoms with Crippen LogP contribution in [0, 0.1) is 52.3 Å². The molecule has 29 heavy (non-hydrogen) atoms. The van der Waals surface area contributed by atoms with Gasteiger partial charge in [0.15, 0.2) is 0 Å². The summed E-state index contributed by atoms with van der Waals surface area (Å²) in [5.41, 5.74) is 0.848. The highest BCUT2D eigenvalue weighted by molar-refractivity contribution is 5.12. The minimum Gasteiger partial charge on any atom is -0.394 e. The van der Waals surface area contributed by atoms with Crippen LogP contribution in [0.4, 0.5) is 0 Å². The Morgan fingerprint density at radius 1 is 1.03 bits per heavy atom. The molecule has 4 aliphatic carbocycles. The van der Waals surface area contributed by atoms with E-state index in [4.69, 9.17) is 4.74 Å². The zero-order chi connectivity index (χ0) is 20.8. The van der Waals surface area contributed by atoms with Crippen molar-refractivity contribution in [2.75, 3.05) is 13.2 Å². The molecule has 168 valence electrons. The maximum Gasteiger partial charge on any atom is 0.0701 e. The number of rotatable bonds is 6. The number of aliphatic hydroxyl groups is 1. The van der Waals surface area contributed by atoms with E-state index in [1.165, 1.54) is 64.2 Å². The topological polar surface area (TPSA) is 29.5 Å². The highest BCUT2D eigenvalue weighted by Gasteiger charge is 2.64. The second-order valence-electron chi connectivity index (χ2n) is 12.2. The van der Waals surface area contributed by atoms with Crippen LogP contribution in [0.1, 0.15) is 98.8 Å². The number of hydrogen-bond donors (Lipinski definition) is 1. The first-order valence-electron chi connectivity index (χ1n) is 13.1. The van der Waals surface area contributed by atoms with Gasteiger partial charge in [0.05, 0.1) is 19.3 Å². The molecule has 2 heteroatoms. The van der Waals surface area contributed by atoms with Crippen LogP contribution in [0.5, 0.6) is 0 Å². The van der Waals surface area contributed by atoms with Gasteiger partial charge >= 0.3 is 0 Å². The lowest BCUT2D eigenvalue weighted by Crippen LogP contribution is -2.59. The second kappa shape index (κ2) is 8.45. The average Bonchev–Trinajstić information content (AvgIpc) is 3.05. The van der Waals surface area contributed by atoms with E-state index >= 15 is 0 Å². The molecule has 0 radical (unpaired) electrons. The summed E-state index contributed by atoms with van der Waals surface area (Å²) < 4.78 is 6.55. The van der Waals surface area contributed by atoms with E-state index in [0.29, 0.717) is 23.5 Å². The van der Waals surface area contributed by atoms with Gasteiger partial charge in [0.1, 0.15) is 0 Å². The summed E-state index contributed by atoms with van der Waals surface area (Å²) >= 11 is 0. The van der Waals surface area contributed by atoms with Crippen LogP contribution in [0.3, 0.4) is 0 Å². The first-order valence-corrected chi connectivity index (χ1v) is 13.1. The van der Waals surface area contributed by atoms with Crippen molar-refractivity contribution in [3.63, 3.8) is 0 Å². The highest BCUT2D eigenvalue weighted by Crippen LogP contribution is 2.69. The molecule has 0 aromatic carbocycles. The molecule has 2 nitrogen and oxygen atoms in total. The van der Waals surface area contributed by atoms with Crippen LogP contribution in [0.15, 0.2) is 0 Å². The Morgan fingerprint density at radius 3 is 2.55 bits per heavy atom. The van der Waals surface area contributed by atoms with Crippen molar-refractivity contribution in [3.05, 3.63) is 0 Å². The number of fused-ring (bicyclic) bond motifs is 5. The summed E-state index contributed by atoms with van der Waals surface area (Å²) in [6, 6.07) is 0. The minimum atomic E-state index is 0.165.